The maximum absolute atomic E-state index is 13.2. The minimum Gasteiger partial charge on any atom is -0.496 e. The molecule has 1 amide bonds. The van der Waals surface area contributed by atoms with E-state index in [9.17, 15) is 9.59 Å². The van der Waals surface area contributed by atoms with E-state index in [1.54, 1.807) is 31.5 Å². The SMILES string of the molecule is COc1cc2[nH]c(-c3ccc4c(c3)[C@@H](N(C)C)[C@H](OC(=O)NC(C)C)C4)cc(=O)c2cc1-c1cnco1. The van der Waals surface area contributed by atoms with Crippen molar-refractivity contribution in [3.63, 3.8) is 0 Å². The fourth-order valence-corrected chi connectivity index (χ4v) is 5.02. The van der Waals surface area contributed by atoms with E-state index < -0.39 is 6.09 Å². The quantitative estimate of drug-likeness (QED) is 0.399. The Morgan fingerprint density at radius 1 is 1.22 bits per heavy atom. The number of pyridine rings is 1. The van der Waals surface area contributed by atoms with Crippen molar-refractivity contribution in [1.82, 2.24) is 20.2 Å². The number of methoxy groups -OCH3 is 1. The highest BCUT2D eigenvalue weighted by Crippen LogP contribution is 2.39. The van der Waals surface area contributed by atoms with Crippen LogP contribution in [0.15, 0.2) is 58.2 Å². The number of carbonyl (C=O) groups excluding carboxylic acids is 1. The van der Waals surface area contributed by atoms with Gasteiger partial charge in [0.15, 0.2) is 17.6 Å². The van der Waals surface area contributed by atoms with Gasteiger partial charge in [-0.3, -0.25) is 9.69 Å². The van der Waals surface area contributed by atoms with Crippen LogP contribution in [-0.4, -0.2) is 54.3 Å². The number of benzene rings is 2. The number of nitrogens with one attached hydrogen (secondary N) is 2. The first-order valence-corrected chi connectivity index (χ1v) is 12.2. The van der Waals surface area contributed by atoms with E-state index in [0.717, 1.165) is 16.7 Å². The normalized spacial score (nSPS) is 16.8. The molecule has 2 atom stereocenters. The highest BCUT2D eigenvalue weighted by molar-refractivity contribution is 5.88. The number of nitrogens with zero attached hydrogens (tertiary/aromatic N) is 2. The number of alkyl carbamates (subject to hydrolysis) is 1. The highest BCUT2D eigenvalue weighted by Gasteiger charge is 2.37. The van der Waals surface area contributed by atoms with E-state index in [-0.39, 0.29) is 23.6 Å². The van der Waals surface area contributed by atoms with Crippen molar-refractivity contribution < 1.29 is 18.7 Å². The van der Waals surface area contributed by atoms with Crippen LogP contribution in [0.25, 0.3) is 33.5 Å². The summed E-state index contributed by atoms with van der Waals surface area (Å²) in [6.07, 6.45) is 2.82. The van der Waals surface area contributed by atoms with Crippen molar-refractivity contribution in [2.75, 3.05) is 21.2 Å². The van der Waals surface area contributed by atoms with Gasteiger partial charge in [-0.2, -0.15) is 0 Å². The van der Waals surface area contributed by atoms with Crippen LogP contribution in [0.4, 0.5) is 4.79 Å². The van der Waals surface area contributed by atoms with Crippen LogP contribution in [0.3, 0.4) is 0 Å². The zero-order chi connectivity index (χ0) is 26.3. The summed E-state index contributed by atoms with van der Waals surface area (Å²) in [4.78, 5) is 34.9. The van der Waals surface area contributed by atoms with Crippen molar-refractivity contribution in [2.45, 2.75) is 38.5 Å². The minimum absolute atomic E-state index is 0.00383. The minimum atomic E-state index is -0.419. The molecule has 0 unspecified atom stereocenters. The number of fused-ring (bicyclic) bond motifs is 2. The first-order chi connectivity index (χ1) is 17.7. The van der Waals surface area contributed by atoms with Crippen LogP contribution >= 0.6 is 0 Å². The maximum Gasteiger partial charge on any atom is 0.407 e. The molecule has 5 rings (SSSR count). The fourth-order valence-electron chi connectivity index (χ4n) is 5.02. The lowest BCUT2D eigenvalue weighted by molar-refractivity contribution is 0.0523. The number of carbonyl (C=O) groups is 1. The second-order valence-corrected chi connectivity index (χ2v) is 9.78. The molecule has 1 aliphatic rings. The standard InChI is InChI=1S/C28H30N4O5/c1-15(2)30-28(34)37-25-9-16-6-7-17(8-18(16)27(25)32(3)4)21-11-23(33)19-10-20(26-13-29-14-36-26)24(35-5)12-22(19)31-21/h6-8,10-15,25,27H,9H2,1-5H3,(H,30,34)(H,31,33)/t25-,27-/m1/s1. The molecule has 1 aliphatic carbocycles. The van der Waals surface area contributed by atoms with Crippen molar-refractivity contribution in [2.24, 2.45) is 0 Å². The number of H-pyrrole nitrogens is 1. The molecule has 0 bridgehead atoms. The number of aromatic amines is 1. The molecule has 0 saturated heterocycles. The van der Waals surface area contributed by atoms with Crippen molar-refractivity contribution >= 4 is 17.0 Å². The lowest BCUT2D eigenvalue weighted by atomic mass is 10.0. The van der Waals surface area contributed by atoms with Crippen molar-refractivity contribution in [1.29, 1.82) is 0 Å². The third kappa shape index (κ3) is 4.70. The summed E-state index contributed by atoms with van der Waals surface area (Å²) in [5.74, 6) is 1.09. The van der Waals surface area contributed by atoms with Crippen LogP contribution in [0.2, 0.25) is 0 Å². The number of ether oxygens (including phenoxy) is 2. The summed E-state index contributed by atoms with van der Waals surface area (Å²) < 4.78 is 16.8. The Morgan fingerprint density at radius 3 is 2.70 bits per heavy atom. The van der Waals surface area contributed by atoms with Crippen molar-refractivity contribution in [3.05, 3.63) is 70.3 Å². The van der Waals surface area contributed by atoms with Gasteiger partial charge < -0.3 is 24.2 Å². The third-order valence-electron chi connectivity index (χ3n) is 6.62. The van der Waals surface area contributed by atoms with E-state index in [1.807, 2.05) is 40.1 Å². The van der Waals surface area contributed by atoms with Crippen molar-refractivity contribution in [3.8, 4) is 28.3 Å². The summed E-state index contributed by atoms with van der Waals surface area (Å²) >= 11 is 0. The molecule has 0 fully saturated rings. The predicted octanol–water partition coefficient (Wildman–Crippen LogP) is 4.52. The van der Waals surface area contributed by atoms with Crippen LogP contribution in [0.1, 0.15) is 31.0 Å². The molecule has 2 heterocycles. The Hall–Kier alpha value is -4.11. The molecule has 2 N–H and O–H groups in total. The monoisotopic (exact) mass is 502 g/mol. The number of amides is 1. The Kier molecular flexibility index (Phi) is 6.47. The summed E-state index contributed by atoms with van der Waals surface area (Å²) in [6, 6.07) is 11.1. The first kappa shape index (κ1) is 24.6. The zero-order valence-electron chi connectivity index (χ0n) is 21.5. The van der Waals surface area contributed by atoms with Gasteiger partial charge in [-0.1, -0.05) is 12.1 Å². The molecule has 0 saturated carbocycles. The van der Waals surface area contributed by atoms with E-state index >= 15 is 0 Å². The molecule has 37 heavy (non-hydrogen) atoms. The summed E-state index contributed by atoms with van der Waals surface area (Å²) in [7, 11) is 5.52. The van der Waals surface area contributed by atoms with Gasteiger partial charge in [0, 0.05) is 35.7 Å². The second-order valence-electron chi connectivity index (χ2n) is 9.78. The molecular formula is C28H30N4O5. The van der Waals surface area contributed by atoms with Crippen LogP contribution in [0.5, 0.6) is 5.75 Å². The van der Waals surface area contributed by atoms with E-state index in [0.29, 0.717) is 40.1 Å². The fraction of sp³-hybridized carbons (Fsp3) is 0.321. The van der Waals surface area contributed by atoms with Gasteiger partial charge in [-0.15, -0.1) is 0 Å². The Balaban J connectivity index is 1.52. The molecule has 2 aromatic heterocycles. The van der Waals surface area contributed by atoms with Gasteiger partial charge in [0.2, 0.25) is 0 Å². The van der Waals surface area contributed by atoms with Gasteiger partial charge in [0.25, 0.3) is 0 Å². The van der Waals surface area contributed by atoms with Crippen LogP contribution in [0, 0.1) is 0 Å². The van der Waals surface area contributed by atoms with Gasteiger partial charge >= 0.3 is 6.09 Å². The number of rotatable bonds is 6. The topological polar surface area (TPSA) is 110 Å². The molecule has 9 heteroatoms. The Bertz CT molecular complexity index is 1510. The summed E-state index contributed by atoms with van der Waals surface area (Å²) in [5.41, 5.74) is 4.94. The summed E-state index contributed by atoms with van der Waals surface area (Å²) in [6.45, 7) is 3.80. The second kappa shape index (κ2) is 9.74. The molecule has 2 aromatic carbocycles. The lowest BCUT2D eigenvalue weighted by Gasteiger charge is -2.27. The molecule has 0 aliphatic heterocycles. The third-order valence-corrected chi connectivity index (χ3v) is 6.62. The number of oxazole rings is 1. The maximum atomic E-state index is 13.2. The highest BCUT2D eigenvalue weighted by atomic mass is 16.6. The van der Waals surface area contributed by atoms with E-state index in [2.05, 4.69) is 26.3 Å². The number of likely N-dealkylation sites (N-methyl/N-ethyl adjacent to an activating group) is 1. The number of aromatic nitrogens is 2. The molecule has 9 nitrogen and oxygen atoms in total. The molecule has 0 radical (unpaired) electrons. The smallest absolute Gasteiger partial charge is 0.407 e. The van der Waals surface area contributed by atoms with Gasteiger partial charge in [-0.25, -0.2) is 9.78 Å². The number of hydrogen-bond donors (Lipinski definition) is 2. The predicted molar refractivity (Wildman–Crippen MR) is 141 cm³/mol. The summed E-state index contributed by atoms with van der Waals surface area (Å²) in [5, 5.41) is 3.32. The van der Waals surface area contributed by atoms with E-state index in [1.165, 1.54) is 6.39 Å². The van der Waals surface area contributed by atoms with Crippen LogP contribution < -0.4 is 15.5 Å². The molecule has 4 aromatic rings. The number of hydrogen-bond acceptors (Lipinski definition) is 7. The Labute approximate surface area is 214 Å². The largest absolute Gasteiger partial charge is 0.496 e. The average molecular weight is 503 g/mol. The van der Waals surface area contributed by atoms with E-state index in [4.69, 9.17) is 13.9 Å². The van der Waals surface area contributed by atoms with Gasteiger partial charge in [0.1, 0.15) is 11.9 Å². The average Bonchev–Trinajstić information content (AvgIpc) is 3.50. The first-order valence-electron chi connectivity index (χ1n) is 12.2. The van der Waals surface area contributed by atoms with Gasteiger partial charge in [-0.05, 0) is 56.8 Å². The van der Waals surface area contributed by atoms with Gasteiger partial charge in [0.05, 0.1) is 30.4 Å². The molecular weight excluding hydrogens is 472 g/mol. The zero-order valence-corrected chi connectivity index (χ0v) is 21.5. The Morgan fingerprint density at radius 2 is 2.03 bits per heavy atom. The molecule has 192 valence electrons. The van der Waals surface area contributed by atoms with Crippen LogP contribution in [-0.2, 0) is 11.2 Å². The lowest BCUT2D eigenvalue weighted by Crippen LogP contribution is -2.38. The molecule has 0 spiro atoms.